The second kappa shape index (κ2) is 10.7. The molecule has 0 radical (unpaired) electrons. The minimum Gasteiger partial charge on any atom is -0.467 e. The van der Waals surface area contributed by atoms with Crippen LogP contribution >= 0.6 is 0 Å². The molecule has 3 aromatic heterocycles. The van der Waals surface area contributed by atoms with Gasteiger partial charge in [-0.15, -0.1) is 15.3 Å². The molecule has 0 saturated carbocycles. The first-order valence-electron chi connectivity index (χ1n) is 12.1. The maximum atomic E-state index is 12.5. The summed E-state index contributed by atoms with van der Waals surface area (Å²) in [6.07, 6.45) is 3.58. The van der Waals surface area contributed by atoms with Gasteiger partial charge >= 0.3 is 0 Å². The van der Waals surface area contributed by atoms with Crippen molar-refractivity contribution in [2.75, 3.05) is 25.0 Å². The van der Waals surface area contributed by atoms with Gasteiger partial charge in [-0.3, -0.25) is 9.69 Å². The van der Waals surface area contributed by atoms with Crippen LogP contribution in [0.5, 0.6) is 0 Å². The number of nitrogens with one attached hydrogen (secondary N) is 2. The fraction of sp³-hybridized carbons (Fsp3) is 0.385. The minimum atomic E-state index is 0.0332. The Bertz CT molecular complexity index is 1250. The highest BCUT2D eigenvalue weighted by molar-refractivity contribution is 5.76. The van der Waals surface area contributed by atoms with Crippen LogP contribution in [0, 0.1) is 12.8 Å². The van der Waals surface area contributed by atoms with Crippen LogP contribution < -0.4 is 10.6 Å². The fourth-order valence-electron chi connectivity index (χ4n) is 4.42. The van der Waals surface area contributed by atoms with E-state index in [9.17, 15) is 4.79 Å². The fourth-order valence-corrected chi connectivity index (χ4v) is 4.42. The normalized spacial score (nSPS) is 16.1. The third-order valence-corrected chi connectivity index (χ3v) is 6.41. The van der Waals surface area contributed by atoms with Gasteiger partial charge in [0.15, 0.2) is 11.5 Å². The number of aromatic nitrogens is 4. The van der Waals surface area contributed by atoms with E-state index in [1.165, 1.54) is 11.1 Å². The molecule has 0 aliphatic carbocycles. The van der Waals surface area contributed by atoms with Crippen LogP contribution in [0.4, 0.5) is 5.82 Å². The number of anilines is 1. The maximum absolute atomic E-state index is 12.5. The Morgan fingerprint density at radius 3 is 2.86 bits per heavy atom. The summed E-state index contributed by atoms with van der Waals surface area (Å²) in [5, 5.41) is 19.3. The van der Waals surface area contributed by atoms with Gasteiger partial charge in [-0.1, -0.05) is 29.8 Å². The topological polar surface area (TPSA) is 101 Å². The van der Waals surface area contributed by atoms with Crippen molar-refractivity contribution in [2.45, 2.75) is 39.3 Å². The van der Waals surface area contributed by atoms with Gasteiger partial charge in [0.1, 0.15) is 11.6 Å². The van der Waals surface area contributed by atoms with E-state index in [1.54, 1.807) is 10.8 Å². The van der Waals surface area contributed by atoms with E-state index in [-0.39, 0.29) is 5.91 Å². The molecule has 4 aromatic rings. The summed E-state index contributed by atoms with van der Waals surface area (Å²) >= 11 is 0. The van der Waals surface area contributed by atoms with Crippen LogP contribution in [0.25, 0.3) is 5.65 Å². The van der Waals surface area contributed by atoms with E-state index in [0.717, 1.165) is 31.8 Å². The molecule has 4 heterocycles. The van der Waals surface area contributed by atoms with Gasteiger partial charge in [0.2, 0.25) is 5.91 Å². The summed E-state index contributed by atoms with van der Waals surface area (Å²) in [6.45, 7) is 6.41. The molecule has 1 aliphatic rings. The molecule has 0 unspecified atom stereocenters. The summed E-state index contributed by atoms with van der Waals surface area (Å²) in [7, 11) is 0. The molecular weight excluding hydrogens is 442 g/mol. The second-order valence-corrected chi connectivity index (χ2v) is 9.22. The Balaban J connectivity index is 1.07. The summed E-state index contributed by atoms with van der Waals surface area (Å²) in [6, 6.07) is 16.2. The second-order valence-electron chi connectivity index (χ2n) is 9.22. The molecule has 1 atom stereocenters. The molecule has 5 rings (SSSR count). The molecule has 1 amide bonds. The average Bonchev–Trinajstić information content (AvgIpc) is 3.63. The molecular formula is C26H31N7O2. The smallest absolute Gasteiger partial charge is 0.220 e. The highest BCUT2D eigenvalue weighted by Gasteiger charge is 2.23. The van der Waals surface area contributed by atoms with Crippen molar-refractivity contribution in [1.82, 2.24) is 30.0 Å². The molecule has 0 spiro atoms. The zero-order valence-corrected chi connectivity index (χ0v) is 20.0. The van der Waals surface area contributed by atoms with Crippen LogP contribution in [-0.2, 0) is 24.3 Å². The molecule has 1 saturated heterocycles. The Labute approximate surface area is 204 Å². The van der Waals surface area contributed by atoms with Gasteiger partial charge in [-0.25, -0.2) is 0 Å². The molecule has 35 heavy (non-hydrogen) atoms. The standard InChI is InChI=1S/C26H31N7O2/c1-19-4-6-20(7-5-19)17-32-13-12-21(18-32)15-28-26(34)11-10-25-30-29-24-9-8-23(31-33(24)25)27-16-22-3-2-14-35-22/h2-9,14,21H,10-13,15-18H2,1H3,(H,27,31)(H,28,34)/t21-/m0/s1. The zero-order chi connectivity index (χ0) is 24.0. The summed E-state index contributed by atoms with van der Waals surface area (Å²) < 4.78 is 7.04. The van der Waals surface area contributed by atoms with Crippen LogP contribution in [0.1, 0.15) is 35.6 Å². The Hall–Kier alpha value is -3.72. The summed E-state index contributed by atoms with van der Waals surface area (Å²) in [5.74, 6) is 2.71. The van der Waals surface area contributed by atoms with Gasteiger partial charge in [-0.2, -0.15) is 4.52 Å². The van der Waals surface area contributed by atoms with Gasteiger partial charge in [0.25, 0.3) is 0 Å². The lowest BCUT2D eigenvalue weighted by Crippen LogP contribution is -2.31. The predicted molar refractivity (Wildman–Crippen MR) is 133 cm³/mol. The zero-order valence-electron chi connectivity index (χ0n) is 20.0. The highest BCUT2D eigenvalue weighted by Crippen LogP contribution is 2.18. The molecule has 9 heteroatoms. The number of benzene rings is 1. The van der Waals surface area contributed by atoms with Crippen LogP contribution in [0.15, 0.2) is 59.2 Å². The molecule has 1 aromatic carbocycles. The van der Waals surface area contributed by atoms with Gasteiger partial charge in [0.05, 0.1) is 12.8 Å². The number of carbonyl (C=O) groups is 1. The molecule has 1 fully saturated rings. The number of nitrogens with zero attached hydrogens (tertiary/aromatic N) is 5. The van der Waals surface area contributed by atoms with Gasteiger partial charge in [-0.05, 0) is 55.6 Å². The first kappa shape index (κ1) is 23.0. The largest absolute Gasteiger partial charge is 0.467 e. The predicted octanol–water partition coefficient (Wildman–Crippen LogP) is 3.21. The maximum Gasteiger partial charge on any atom is 0.220 e. The monoisotopic (exact) mass is 473 g/mol. The quantitative estimate of drug-likeness (QED) is 0.365. The van der Waals surface area contributed by atoms with Gasteiger partial charge in [0, 0.05) is 32.5 Å². The number of amides is 1. The summed E-state index contributed by atoms with van der Waals surface area (Å²) in [4.78, 5) is 15.0. The number of hydrogen-bond donors (Lipinski definition) is 2. The highest BCUT2D eigenvalue weighted by atomic mass is 16.3. The molecule has 2 N–H and O–H groups in total. The third-order valence-electron chi connectivity index (χ3n) is 6.41. The number of likely N-dealkylation sites (tertiary alicyclic amines) is 1. The van der Waals surface area contributed by atoms with E-state index in [1.807, 2.05) is 24.3 Å². The van der Waals surface area contributed by atoms with Gasteiger partial charge < -0.3 is 15.1 Å². The summed E-state index contributed by atoms with van der Waals surface area (Å²) in [5.41, 5.74) is 3.28. The van der Waals surface area contributed by atoms with Crippen molar-refractivity contribution in [1.29, 1.82) is 0 Å². The van der Waals surface area contributed by atoms with Crippen LogP contribution in [0.2, 0.25) is 0 Å². The van der Waals surface area contributed by atoms with E-state index < -0.39 is 0 Å². The average molecular weight is 474 g/mol. The molecule has 9 nitrogen and oxygen atoms in total. The van der Waals surface area contributed by atoms with E-state index in [0.29, 0.717) is 49.1 Å². The number of fused-ring (bicyclic) bond motifs is 1. The number of aryl methyl sites for hydroxylation is 2. The van der Waals surface area contributed by atoms with Crippen molar-refractivity contribution < 1.29 is 9.21 Å². The molecule has 182 valence electrons. The number of carbonyl (C=O) groups excluding carboxylic acids is 1. The SMILES string of the molecule is Cc1ccc(CN2CC[C@@H](CNC(=O)CCc3nnc4ccc(NCc5ccco5)nn34)C2)cc1. The Morgan fingerprint density at radius 2 is 2.03 bits per heavy atom. The first-order valence-corrected chi connectivity index (χ1v) is 12.1. The van der Waals surface area contributed by atoms with Crippen molar-refractivity contribution in [2.24, 2.45) is 5.92 Å². The molecule has 0 bridgehead atoms. The number of hydrogen-bond acceptors (Lipinski definition) is 7. The van der Waals surface area contributed by atoms with Crippen molar-refractivity contribution in [3.05, 3.63) is 77.5 Å². The van der Waals surface area contributed by atoms with Crippen LogP contribution in [-0.4, -0.2) is 50.3 Å². The van der Waals surface area contributed by atoms with Crippen molar-refractivity contribution in [3.63, 3.8) is 0 Å². The van der Waals surface area contributed by atoms with E-state index in [4.69, 9.17) is 4.42 Å². The van der Waals surface area contributed by atoms with E-state index >= 15 is 0 Å². The van der Waals surface area contributed by atoms with Crippen molar-refractivity contribution >= 4 is 17.4 Å². The lowest BCUT2D eigenvalue weighted by molar-refractivity contribution is -0.121. The molecule has 1 aliphatic heterocycles. The Morgan fingerprint density at radius 1 is 1.14 bits per heavy atom. The first-order chi connectivity index (χ1) is 17.1. The minimum absolute atomic E-state index is 0.0332. The van der Waals surface area contributed by atoms with E-state index in [2.05, 4.69) is 62.0 Å². The number of furan rings is 1. The Kier molecular flexibility index (Phi) is 7.04. The number of rotatable bonds is 10. The van der Waals surface area contributed by atoms with Crippen molar-refractivity contribution in [3.8, 4) is 0 Å². The van der Waals surface area contributed by atoms with Crippen LogP contribution in [0.3, 0.4) is 0 Å². The third kappa shape index (κ3) is 6.05. The lowest BCUT2D eigenvalue weighted by atomic mass is 10.1. The lowest BCUT2D eigenvalue weighted by Gasteiger charge is -2.16.